The number of hydrogen-bond acceptors (Lipinski definition) is 8. The lowest BCUT2D eigenvalue weighted by Gasteiger charge is -2.18. The third kappa shape index (κ3) is 6.00. The standard InChI is InChI=1S/C23H27NO7S2/c1-13(2)31-23(27)20-15-10-9-14(3)11-17(15)32-21(20)24-19(25)12-30-22(26)16-7-5-6-8-18(16)33(4,28)29/h5-8,13-14H,9-12H2,1-4H3,(H,24,25). The molecule has 2 aromatic rings. The highest BCUT2D eigenvalue weighted by atomic mass is 32.2. The number of amides is 1. The maximum atomic E-state index is 12.7. The van der Waals surface area contributed by atoms with E-state index in [1.807, 2.05) is 0 Å². The molecule has 1 amide bonds. The van der Waals surface area contributed by atoms with Crippen LogP contribution < -0.4 is 5.32 Å². The van der Waals surface area contributed by atoms with Crippen LogP contribution in [0.4, 0.5) is 5.00 Å². The summed E-state index contributed by atoms with van der Waals surface area (Å²) in [5.74, 6) is -1.58. The number of thiophene rings is 1. The summed E-state index contributed by atoms with van der Waals surface area (Å²) in [6, 6.07) is 5.63. The van der Waals surface area contributed by atoms with Crippen LogP contribution in [0.3, 0.4) is 0 Å². The SMILES string of the molecule is CC1CCc2c(sc(NC(=O)COC(=O)c3ccccc3S(C)(=O)=O)c2C(=O)OC(C)C)C1. The van der Waals surface area contributed by atoms with E-state index < -0.39 is 34.3 Å². The predicted octanol–water partition coefficient (Wildman–Crippen LogP) is 3.64. The van der Waals surface area contributed by atoms with Gasteiger partial charge in [0.05, 0.1) is 22.1 Å². The van der Waals surface area contributed by atoms with Gasteiger partial charge in [0.15, 0.2) is 16.4 Å². The van der Waals surface area contributed by atoms with Gasteiger partial charge in [-0.2, -0.15) is 0 Å². The summed E-state index contributed by atoms with van der Waals surface area (Å²) in [6.45, 7) is 5.02. The first kappa shape index (κ1) is 24.9. The number of anilines is 1. The zero-order valence-corrected chi connectivity index (χ0v) is 20.6. The first-order chi connectivity index (χ1) is 15.5. The van der Waals surface area contributed by atoms with Crippen LogP contribution in [0, 0.1) is 5.92 Å². The minimum absolute atomic E-state index is 0.144. The van der Waals surface area contributed by atoms with E-state index >= 15 is 0 Å². The summed E-state index contributed by atoms with van der Waals surface area (Å²) in [5.41, 5.74) is 1.12. The van der Waals surface area contributed by atoms with Crippen molar-refractivity contribution in [2.24, 2.45) is 5.92 Å². The van der Waals surface area contributed by atoms with Gasteiger partial charge in [-0.15, -0.1) is 11.3 Å². The molecule has 1 unspecified atom stereocenters. The van der Waals surface area contributed by atoms with E-state index in [9.17, 15) is 22.8 Å². The lowest BCUT2D eigenvalue weighted by Crippen LogP contribution is -2.23. The number of hydrogen-bond donors (Lipinski definition) is 1. The zero-order valence-electron chi connectivity index (χ0n) is 19.0. The minimum Gasteiger partial charge on any atom is -0.459 e. The van der Waals surface area contributed by atoms with E-state index in [4.69, 9.17) is 9.47 Å². The van der Waals surface area contributed by atoms with Gasteiger partial charge in [0.1, 0.15) is 5.00 Å². The number of rotatable bonds is 7. The maximum absolute atomic E-state index is 12.7. The van der Waals surface area contributed by atoms with Crippen molar-refractivity contribution in [2.45, 2.75) is 51.0 Å². The van der Waals surface area contributed by atoms with Crippen LogP contribution in [0.5, 0.6) is 0 Å². The highest BCUT2D eigenvalue weighted by molar-refractivity contribution is 7.90. The number of nitrogens with one attached hydrogen (secondary N) is 1. The number of fused-ring (bicyclic) bond motifs is 1. The van der Waals surface area contributed by atoms with Crippen molar-refractivity contribution >= 4 is 44.0 Å². The Balaban J connectivity index is 1.76. The molecule has 0 saturated heterocycles. The van der Waals surface area contributed by atoms with Gasteiger partial charge in [-0.1, -0.05) is 19.1 Å². The van der Waals surface area contributed by atoms with E-state index in [0.29, 0.717) is 16.5 Å². The number of carbonyl (C=O) groups is 3. The van der Waals surface area contributed by atoms with E-state index in [0.717, 1.165) is 36.0 Å². The molecule has 178 valence electrons. The fourth-order valence-corrected chi connectivity index (χ4v) is 5.95. The molecule has 0 radical (unpaired) electrons. The van der Waals surface area contributed by atoms with Gasteiger partial charge >= 0.3 is 11.9 Å². The van der Waals surface area contributed by atoms with E-state index in [2.05, 4.69) is 12.2 Å². The average Bonchev–Trinajstić information content (AvgIpc) is 3.07. The Hall–Kier alpha value is -2.72. The van der Waals surface area contributed by atoms with Gasteiger partial charge in [-0.05, 0) is 56.7 Å². The highest BCUT2D eigenvalue weighted by Crippen LogP contribution is 2.40. The van der Waals surface area contributed by atoms with Crippen LogP contribution in [0.2, 0.25) is 0 Å². The number of ether oxygens (including phenoxy) is 2. The first-order valence-corrected chi connectivity index (χ1v) is 13.3. The fourth-order valence-electron chi connectivity index (χ4n) is 3.66. The molecule has 0 spiro atoms. The van der Waals surface area contributed by atoms with Crippen molar-refractivity contribution in [2.75, 3.05) is 18.2 Å². The summed E-state index contributed by atoms with van der Waals surface area (Å²) in [6.07, 6.45) is 3.16. The van der Waals surface area contributed by atoms with Crippen molar-refractivity contribution < 1.29 is 32.3 Å². The number of carbonyl (C=O) groups excluding carboxylic acids is 3. The molecule has 0 aliphatic heterocycles. The molecule has 1 aliphatic carbocycles. The smallest absolute Gasteiger partial charge is 0.341 e. The van der Waals surface area contributed by atoms with Crippen LogP contribution in [0.1, 0.15) is 58.3 Å². The molecule has 0 saturated carbocycles. The van der Waals surface area contributed by atoms with E-state index in [-0.39, 0.29) is 16.6 Å². The molecule has 0 fully saturated rings. The minimum atomic E-state index is -3.65. The van der Waals surface area contributed by atoms with Gasteiger partial charge in [-0.3, -0.25) is 4.79 Å². The average molecular weight is 494 g/mol. The largest absolute Gasteiger partial charge is 0.459 e. The van der Waals surface area contributed by atoms with Crippen molar-refractivity contribution in [1.82, 2.24) is 0 Å². The number of benzene rings is 1. The monoisotopic (exact) mass is 493 g/mol. The van der Waals surface area contributed by atoms with Gasteiger partial charge in [-0.25, -0.2) is 18.0 Å². The Labute approximate surface area is 197 Å². The first-order valence-electron chi connectivity index (χ1n) is 10.6. The molecule has 1 N–H and O–H groups in total. The van der Waals surface area contributed by atoms with Crippen LogP contribution in [0.15, 0.2) is 29.2 Å². The van der Waals surface area contributed by atoms with Crippen LogP contribution >= 0.6 is 11.3 Å². The lowest BCUT2D eigenvalue weighted by molar-refractivity contribution is -0.119. The van der Waals surface area contributed by atoms with Crippen molar-refractivity contribution in [1.29, 1.82) is 0 Å². The number of sulfone groups is 1. The van der Waals surface area contributed by atoms with E-state index in [1.54, 1.807) is 13.8 Å². The Kier molecular flexibility index (Phi) is 7.58. The van der Waals surface area contributed by atoms with Gasteiger partial charge in [0.2, 0.25) is 0 Å². The van der Waals surface area contributed by atoms with Crippen molar-refractivity contribution in [3.63, 3.8) is 0 Å². The van der Waals surface area contributed by atoms with Gasteiger partial charge in [0.25, 0.3) is 5.91 Å². The molecule has 1 aliphatic rings. The molecule has 3 rings (SSSR count). The zero-order chi connectivity index (χ0) is 24.3. The third-order valence-electron chi connectivity index (χ3n) is 5.15. The Morgan fingerprint density at radius 3 is 2.55 bits per heavy atom. The van der Waals surface area contributed by atoms with Crippen LogP contribution in [-0.4, -0.2) is 45.2 Å². The third-order valence-corrected chi connectivity index (χ3v) is 7.48. The van der Waals surface area contributed by atoms with Crippen LogP contribution in [-0.2, 0) is 36.9 Å². The summed E-state index contributed by atoms with van der Waals surface area (Å²) < 4.78 is 34.2. The summed E-state index contributed by atoms with van der Waals surface area (Å²) >= 11 is 1.33. The van der Waals surface area contributed by atoms with Crippen molar-refractivity contribution in [3.8, 4) is 0 Å². The molecule has 1 atom stereocenters. The summed E-state index contributed by atoms with van der Waals surface area (Å²) in [7, 11) is -3.65. The summed E-state index contributed by atoms with van der Waals surface area (Å²) in [4.78, 5) is 38.6. The molecule has 33 heavy (non-hydrogen) atoms. The van der Waals surface area contributed by atoms with E-state index in [1.165, 1.54) is 35.6 Å². The topological polar surface area (TPSA) is 116 Å². The molecular formula is C23H27NO7S2. The molecule has 0 bridgehead atoms. The number of esters is 2. The summed E-state index contributed by atoms with van der Waals surface area (Å²) in [5, 5.41) is 3.04. The van der Waals surface area contributed by atoms with Crippen LogP contribution in [0.25, 0.3) is 0 Å². The van der Waals surface area contributed by atoms with Gasteiger partial charge < -0.3 is 14.8 Å². The molecular weight excluding hydrogens is 466 g/mol. The molecule has 1 aromatic carbocycles. The second kappa shape index (κ2) is 10.0. The van der Waals surface area contributed by atoms with Crippen molar-refractivity contribution in [3.05, 3.63) is 45.8 Å². The van der Waals surface area contributed by atoms with Gasteiger partial charge in [0, 0.05) is 11.1 Å². The molecule has 10 heteroatoms. The highest BCUT2D eigenvalue weighted by Gasteiger charge is 2.30. The predicted molar refractivity (Wildman–Crippen MR) is 125 cm³/mol. The quantitative estimate of drug-likeness (QED) is 0.586. The maximum Gasteiger partial charge on any atom is 0.341 e. The Bertz CT molecular complexity index is 1180. The lowest BCUT2D eigenvalue weighted by atomic mass is 9.88. The fraction of sp³-hybridized carbons (Fsp3) is 0.435. The normalized spacial score (nSPS) is 15.6. The second-order valence-corrected chi connectivity index (χ2v) is 11.5. The molecule has 1 heterocycles. The second-order valence-electron chi connectivity index (χ2n) is 8.40. The molecule has 1 aromatic heterocycles. The molecule has 8 nitrogen and oxygen atoms in total. The Morgan fingerprint density at radius 2 is 1.88 bits per heavy atom. The Morgan fingerprint density at radius 1 is 1.18 bits per heavy atom.